The number of hydrogen-bond donors (Lipinski definition) is 0. The van der Waals surface area contributed by atoms with E-state index in [1.54, 1.807) is 0 Å². The Labute approximate surface area is 218 Å². The summed E-state index contributed by atoms with van der Waals surface area (Å²) in [5.74, 6) is -54.7. The van der Waals surface area contributed by atoms with Crippen molar-refractivity contribution in [2.45, 2.75) is 82.4 Å². The van der Waals surface area contributed by atoms with Crippen molar-refractivity contribution in [1.82, 2.24) is 10.7 Å². The summed E-state index contributed by atoms with van der Waals surface area (Å²) < 4.78 is 369. The minimum atomic E-state index is -9.34. The van der Waals surface area contributed by atoms with Gasteiger partial charge in [0.25, 0.3) is 11.2 Å². The first-order valence-corrected chi connectivity index (χ1v) is 9.60. The van der Waals surface area contributed by atoms with E-state index in [0.29, 0.717) is 0 Å². The Morgan fingerprint density at radius 2 is 0.545 bits per heavy atom. The third-order valence-electron chi connectivity index (χ3n) is 6.94. The molecule has 4 rings (SSSR count). The number of hydrogen-bond acceptors (Lipinski definition) is 4. The van der Waals surface area contributed by atoms with Crippen LogP contribution in [0, 0.1) is 0 Å². The van der Waals surface area contributed by atoms with Gasteiger partial charge in [0.1, 0.15) is 10.7 Å². The van der Waals surface area contributed by atoms with E-state index >= 15 is 17.6 Å². The van der Waals surface area contributed by atoms with Crippen LogP contribution in [0.15, 0.2) is 0 Å². The molecule has 44 heavy (non-hydrogen) atoms. The first kappa shape index (κ1) is 36.5. The first-order valence-electron chi connectivity index (χ1n) is 9.60. The van der Waals surface area contributed by atoms with Gasteiger partial charge >= 0.3 is 71.2 Å². The maximum Gasteiger partial charge on any atom is 0.447 e. The van der Waals surface area contributed by atoms with Gasteiger partial charge in [-0.3, -0.25) is 9.47 Å². The van der Waals surface area contributed by atoms with Crippen LogP contribution in [-0.4, -0.2) is 93.1 Å². The summed E-state index contributed by atoms with van der Waals surface area (Å²) >= 11 is 0. The summed E-state index contributed by atoms with van der Waals surface area (Å²) in [6.45, 7) is 0. The average molecular weight is 722 g/mol. The molecule has 4 aliphatic rings. The zero-order chi connectivity index (χ0) is 35.6. The molecule has 0 aromatic rings. The summed E-state index contributed by atoms with van der Waals surface area (Å²) in [4.78, 5) is 0. The van der Waals surface area contributed by atoms with Crippen molar-refractivity contribution in [3.8, 4) is 0 Å². The molecular formula is C14F26N2O2. The highest BCUT2D eigenvalue weighted by atomic mass is 19.4. The third kappa shape index (κ3) is 2.78. The van der Waals surface area contributed by atoms with Crippen molar-refractivity contribution in [1.29, 1.82) is 0 Å². The van der Waals surface area contributed by atoms with Gasteiger partial charge in [0, 0.05) is 0 Å². The van der Waals surface area contributed by atoms with Gasteiger partial charge in [-0.05, 0) is 0 Å². The van der Waals surface area contributed by atoms with Gasteiger partial charge in [0.15, 0.2) is 0 Å². The first-order chi connectivity index (χ1) is 18.8. The molecule has 0 unspecified atom stereocenters. The van der Waals surface area contributed by atoms with Gasteiger partial charge in [-0.2, -0.15) is 87.8 Å². The Hall–Kier alpha value is -1.98. The van der Waals surface area contributed by atoms with E-state index in [0.717, 1.165) is 0 Å². The number of rotatable bonds is 8. The van der Waals surface area contributed by atoms with Crippen LogP contribution in [0.5, 0.6) is 0 Å². The van der Waals surface area contributed by atoms with Crippen LogP contribution >= 0.6 is 0 Å². The normalized spacial score (nSPS) is 38.5. The Kier molecular flexibility index (Phi) is 6.72. The fourth-order valence-electron chi connectivity index (χ4n) is 4.91. The average Bonchev–Trinajstić information content (AvgIpc) is 2.80. The molecule has 4 bridgehead atoms. The predicted molar refractivity (Wildman–Crippen MR) is 72.9 cm³/mol. The fourth-order valence-corrected chi connectivity index (χ4v) is 4.91. The maximum absolute atomic E-state index is 15.3. The molecule has 0 radical (unpaired) electrons. The molecule has 0 aromatic heterocycles. The molecule has 0 aliphatic heterocycles. The van der Waals surface area contributed by atoms with Gasteiger partial charge in [-0.15, -0.1) is 0 Å². The molecule has 0 aromatic carbocycles. The summed E-state index contributed by atoms with van der Waals surface area (Å²) in [6, 6.07) is -16.1. The fraction of sp³-hybridized carbons (Fsp3) is 1.00. The lowest BCUT2D eigenvalue weighted by Gasteiger charge is -2.76. The Morgan fingerprint density at radius 3 is 0.727 bits per heavy atom. The molecule has 4 aliphatic carbocycles. The quantitative estimate of drug-likeness (QED) is 0.150. The van der Waals surface area contributed by atoms with E-state index in [-0.39, 0.29) is 0 Å². The molecule has 4 nitrogen and oxygen atoms in total. The van der Waals surface area contributed by atoms with E-state index in [1.165, 1.54) is 9.47 Å². The largest absolute Gasteiger partial charge is 0.447 e. The van der Waals surface area contributed by atoms with Crippen molar-refractivity contribution >= 4 is 0 Å². The zero-order valence-electron chi connectivity index (χ0n) is 18.5. The van der Waals surface area contributed by atoms with Crippen molar-refractivity contribution in [2.75, 3.05) is 0 Å². The summed E-state index contributed by atoms with van der Waals surface area (Å²) in [6.07, 6.45) is -17.0. The van der Waals surface area contributed by atoms with Gasteiger partial charge in [-0.1, -0.05) is 17.9 Å². The van der Waals surface area contributed by atoms with Gasteiger partial charge in [-0.25, -0.2) is 8.78 Å². The van der Waals surface area contributed by atoms with Gasteiger partial charge in [0.05, 0.1) is 0 Å². The molecule has 0 saturated heterocycles. The van der Waals surface area contributed by atoms with Crippen LogP contribution in [0.1, 0.15) is 0 Å². The molecule has 4 fully saturated rings. The second-order valence-corrected chi connectivity index (χ2v) is 8.91. The third-order valence-corrected chi connectivity index (χ3v) is 6.94. The minimum absolute atomic E-state index is 1.39. The maximum atomic E-state index is 15.3. The molecule has 0 amide bonds. The summed E-state index contributed by atoms with van der Waals surface area (Å²) in [7, 11) is 0. The van der Waals surface area contributed by atoms with Gasteiger partial charge in [0.2, 0.25) is 0 Å². The van der Waals surface area contributed by atoms with E-state index in [1.807, 2.05) is 0 Å². The van der Waals surface area contributed by atoms with E-state index in [2.05, 4.69) is 0 Å². The van der Waals surface area contributed by atoms with Crippen molar-refractivity contribution < 1.29 is 124 Å². The van der Waals surface area contributed by atoms with Crippen LogP contribution < -0.4 is 0 Å². The predicted octanol–water partition coefficient (Wildman–Crippen LogP) is 7.28. The minimum Gasteiger partial charge on any atom is -0.288 e. The highest BCUT2D eigenvalue weighted by Gasteiger charge is 3.24. The van der Waals surface area contributed by atoms with Crippen LogP contribution in [0.25, 0.3) is 0 Å². The van der Waals surface area contributed by atoms with Crippen molar-refractivity contribution in [2.24, 2.45) is 0 Å². The van der Waals surface area contributed by atoms with Crippen LogP contribution in [0.3, 0.4) is 0 Å². The summed E-state index contributed by atoms with van der Waals surface area (Å²) in [5, 5.41) is -8.82. The molecule has 30 heteroatoms. The van der Waals surface area contributed by atoms with Crippen LogP contribution in [0.4, 0.5) is 115 Å². The summed E-state index contributed by atoms with van der Waals surface area (Å²) in [5.41, 5.74) is -36.2. The van der Waals surface area contributed by atoms with Gasteiger partial charge < -0.3 is 0 Å². The molecule has 260 valence electrons. The second kappa shape index (κ2) is 8.11. The lowest BCUT2D eigenvalue weighted by molar-refractivity contribution is -0.660. The second-order valence-electron chi connectivity index (χ2n) is 8.91. The molecule has 4 saturated carbocycles. The molecule has 0 heterocycles. The zero-order valence-corrected chi connectivity index (χ0v) is 18.5. The smallest absolute Gasteiger partial charge is 0.288 e. The Morgan fingerprint density at radius 1 is 0.341 bits per heavy atom. The monoisotopic (exact) mass is 722 g/mol. The Balaban J connectivity index is 2.72. The lowest BCUT2D eigenvalue weighted by atomic mass is 9.39. The van der Waals surface area contributed by atoms with Crippen LogP contribution in [-0.2, 0) is 9.47 Å². The van der Waals surface area contributed by atoms with E-state index in [4.69, 9.17) is 0 Å². The number of alkyl halides is 22. The lowest BCUT2D eigenvalue weighted by Crippen LogP contribution is -3.11. The highest BCUT2D eigenvalue weighted by Crippen LogP contribution is 2.89. The highest BCUT2D eigenvalue weighted by molar-refractivity contribution is 5.54. The van der Waals surface area contributed by atoms with E-state index < -0.39 is 93.1 Å². The molecule has 0 atom stereocenters. The van der Waals surface area contributed by atoms with E-state index in [9.17, 15) is 97.0 Å². The molecular weight excluding hydrogens is 722 g/mol. The Bertz CT molecular complexity index is 1090. The molecule has 0 N–H and O–H groups in total. The number of ether oxygens (including phenoxy) is 2. The standard InChI is InChI=1S/C14F26N2O2/c15-1-5(17,18)2(16)8(23,24)3(6(1,19)20,43-13(33,34)11(29,30)41(37)38)10(27,28)4(7(1,21)22,9(2,25)26)44-14(35,36)12(31,32)42(39)40. The van der Waals surface area contributed by atoms with Crippen molar-refractivity contribution in [3.05, 3.63) is 0 Å². The molecule has 0 spiro atoms. The number of halogens is 26. The SMILES string of the molecule is FN(F)C(F)(F)C(F)(F)OC12C(F)(F)C3(F)C(F)(F)C(F)(C1(F)F)C(F)(F)C(OC(F)(F)C(F)(F)N(F)F)(C3(F)F)C2(F)F. The topological polar surface area (TPSA) is 24.9 Å². The van der Waals surface area contributed by atoms with Crippen LogP contribution in [0.2, 0.25) is 0 Å². The van der Waals surface area contributed by atoms with Crippen molar-refractivity contribution in [3.63, 3.8) is 0 Å². The number of nitrogens with zero attached hydrogens (tertiary/aromatic N) is 2.